The van der Waals surface area contributed by atoms with Crippen molar-refractivity contribution in [3.05, 3.63) is 35.9 Å². The fourth-order valence-corrected chi connectivity index (χ4v) is 3.53. The van der Waals surface area contributed by atoms with Crippen LogP contribution in [0.1, 0.15) is 37.7 Å². The van der Waals surface area contributed by atoms with Crippen LogP contribution < -0.4 is 0 Å². The highest BCUT2D eigenvalue weighted by Crippen LogP contribution is 2.31. The Morgan fingerprint density at radius 2 is 1.83 bits per heavy atom. The van der Waals surface area contributed by atoms with Crippen molar-refractivity contribution in [1.29, 1.82) is 0 Å². The Morgan fingerprint density at radius 3 is 2.50 bits per heavy atom. The minimum absolute atomic E-state index is 0.689. The van der Waals surface area contributed by atoms with Crippen molar-refractivity contribution in [3.8, 4) is 0 Å². The molecule has 0 aliphatic heterocycles. The molecule has 1 aliphatic carbocycles. The van der Waals surface area contributed by atoms with Gasteiger partial charge in [-0.1, -0.05) is 78.4 Å². The van der Waals surface area contributed by atoms with Crippen molar-refractivity contribution < 1.29 is 4.74 Å². The third-order valence-electron chi connectivity index (χ3n) is 3.96. The molecule has 0 bridgehead atoms. The number of hydrogen-bond donors (Lipinski definition) is 0. The fourth-order valence-electron chi connectivity index (χ4n) is 2.81. The lowest BCUT2D eigenvalue weighted by molar-refractivity contribution is 0.0662. The Labute approximate surface area is 119 Å². The monoisotopic (exact) mass is 310 g/mol. The summed E-state index contributed by atoms with van der Waals surface area (Å²) in [5.41, 5.74) is 1.27. The summed E-state index contributed by atoms with van der Waals surface area (Å²) in [6.45, 7) is 1.64. The number of hydrogen-bond acceptors (Lipinski definition) is 1. The second kappa shape index (κ2) is 7.96. The zero-order valence-corrected chi connectivity index (χ0v) is 12.6. The van der Waals surface area contributed by atoms with Gasteiger partial charge in [0.2, 0.25) is 0 Å². The molecule has 2 rings (SSSR count). The van der Waals surface area contributed by atoms with Crippen LogP contribution in [0.15, 0.2) is 30.3 Å². The average Bonchev–Trinajstić information content (AvgIpc) is 2.46. The molecule has 0 heterocycles. The molecule has 18 heavy (non-hydrogen) atoms. The van der Waals surface area contributed by atoms with E-state index in [0.29, 0.717) is 5.92 Å². The first kappa shape index (κ1) is 14.1. The Bertz CT molecular complexity index is 319. The summed E-state index contributed by atoms with van der Waals surface area (Å²) in [6, 6.07) is 10.4. The van der Waals surface area contributed by atoms with E-state index < -0.39 is 0 Å². The second-order valence-corrected chi connectivity index (χ2v) is 5.96. The Hall–Kier alpha value is -0.340. The molecular weight excluding hydrogens is 288 g/mol. The third-order valence-corrected chi connectivity index (χ3v) is 4.79. The number of benzene rings is 1. The summed E-state index contributed by atoms with van der Waals surface area (Å²) in [4.78, 5) is 0. The van der Waals surface area contributed by atoms with E-state index in [2.05, 4.69) is 40.2 Å². The topological polar surface area (TPSA) is 9.23 Å². The minimum Gasteiger partial charge on any atom is -0.376 e. The number of rotatable bonds is 6. The molecule has 1 saturated carbocycles. The van der Waals surface area contributed by atoms with Gasteiger partial charge in [0.25, 0.3) is 0 Å². The first-order chi connectivity index (χ1) is 8.90. The van der Waals surface area contributed by atoms with Crippen molar-refractivity contribution in [2.75, 3.05) is 11.9 Å². The third kappa shape index (κ3) is 4.40. The lowest BCUT2D eigenvalue weighted by Crippen LogP contribution is -2.23. The van der Waals surface area contributed by atoms with Crippen LogP contribution in [-0.4, -0.2) is 11.9 Å². The number of alkyl halides is 1. The largest absolute Gasteiger partial charge is 0.376 e. The minimum atomic E-state index is 0.689. The summed E-state index contributed by atoms with van der Waals surface area (Å²) < 4.78 is 5.90. The molecule has 0 radical (unpaired) electrons. The van der Waals surface area contributed by atoms with Crippen LogP contribution in [0.5, 0.6) is 0 Å². The van der Waals surface area contributed by atoms with Gasteiger partial charge in [0.15, 0.2) is 0 Å². The molecule has 1 atom stereocenters. The van der Waals surface area contributed by atoms with Crippen LogP contribution in [0.25, 0.3) is 0 Å². The van der Waals surface area contributed by atoms with Crippen LogP contribution in [0.2, 0.25) is 0 Å². The Kier molecular flexibility index (Phi) is 6.22. The highest BCUT2D eigenvalue weighted by molar-refractivity contribution is 9.09. The lowest BCUT2D eigenvalue weighted by Gasteiger charge is -2.28. The molecule has 1 aromatic carbocycles. The molecule has 0 spiro atoms. The maximum Gasteiger partial charge on any atom is 0.0717 e. The van der Waals surface area contributed by atoms with E-state index in [1.165, 1.54) is 37.7 Å². The van der Waals surface area contributed by atoms with Gasteiger partial charge in [0.05, 0.1) is 13.2 Å². The van der Waals surface area contributed by atoms with E-state index in [0.717, 1.165) is 24.5 Å². The van der Waals surface area contributed by atoms with E-state index >= 15 is 0 Å². The molecule has 0 saturated heterocycles. The zero-order valence-electron chi connectivity index (χ0n) is 11.0. The highest BCUT2D eigenvalue weighted by atomic mass is 79.9. The van der Waals surface area contributed by atoms with E-state index in [-0.39, 0.29) is 0 Å². The molecule has 1 unspecified atom stereocenters. The van der Waals surface area contributed by atoms with Gasteiger partial charge in [-0.2, -0.15) is 0 Å². The SMILES string of the molecule is BrCC(COCc1ccccc1)C1CCCCC1. The molecule has 1 nitrogen and oxygen atoms in total. The molecule has 100 valence electrons. The Balaban J connectivity index is 1.73. The summed E-state index contributed by atoms with van der Waals surface area (Å²) in [7, 11) is 0. The molecule has 0 amide bonds. The molecule has 1 aromatic rings. The van der Waals surface area contributed by atoms with E-state index in [9.17, 15) is 0 Å². The maximum atomic E-state index is 5.90. The average molecular weight is 311 g/mol. The molecular formula is C16H23BrO. The first-order valence-electron chi connectivity index (χ1n) is 7.08. The van der Waals surface area contributed by atoms with Crippen LogP contribution in [0.3, 0.4) is 0 Å². The maximum absolute atomic E-state index is 5.90. The summed E-state index contributed by atoms with van der Waals surface area (Å²) in [5, 5.41) is 1.08. The molecule has 0 aromatic heterocycles. The molecule has 1 fully saturated rings. The summed E-state index contributed by atoms with van der Waals surface area (Å²) in [6.07, 6.45) is 7.03. The van der Waals surface area contributed by atoms with Crippen LogP contribution in [-0.2, 0) is 11.3 Å². The van der Waals surface area contributed by atoms with E-state index in [4.69, 9.17) is 4.74 Å². The van der Waals surface area contributed by atoms with Crippen molar-refractivity contribution >= 4 is 15.9 Å². The fraction of sp³-hybridized carbons (Fsp3) is 0.625. The number of halogens is 1. The predicted octanol–water partition coefficient (Wildman–Crippen LogP) is 4.79. The van der Waals surface area contributed by atoms with E-state index in [1.54, 1.807) is 0 Å². The summed E-state index contributed by atoms with van der Waals surface area (Å²) in [5.74, 6) is 1.56. The normalized spacial score (nSPS) is 18.7. The standard InChI is InChI=1S/C16H23BrO/c17-11-16(15-9-5-2-6-10-15)13-18-12-14-7-3-1-4-8-14/h1,3-4,7-8,15-16H,2,5-6,9-13H2. The quantitative estimate of drug-likeness (QED) is 0.686. The van der Waals surface area contributed by atoms with Crippen molar-refractivity contribution in [3.63, 3.8) is 0 Å². The zero-order chi connectivity index (χ0) is 12.6. The lowest BCUT2D eigenvalue weighted by atomic mass is 9.81. The second-order valence-electron chi connectivity index (χ2n) is 5.31. The van der Waals surface area contributed by atoms with Crippen LogP contribution in [0, 0.1) is 11.8 Å². The van der Waals surface area contributed by atoms with Gasteiger partial charge < -0.3 is 4.74 Å². The smallest absolute Gasteiger partial charge is 0.0717 e. The Morgan fingerprint density at radius 1 is 1.11 bits per heavy atom. The predicted molar refractivity (Wildman–Crippen MR) is 80.0 cm³/mol. The van der Waals surface area contributed by atoms with Gasteiger partial charge in [-0.25, -0.2) is 0 Å². The molecule has 0 N–H and O–H groups in total. The molecule has 1 aliphatic rings. The van der Waals surface area contributed by atoms with Crippen molar-refractivity contribution in [1.82, 2.24) is 0 Å². The van der Waals surface area contributed by atoms with Crippen molar-refractivity contribution in [2.45, 2.75) is 38.7 Å². The van der Waals surface area contributed by atoms with E-state index in [1.807, 2.05) is 6.07 Å². The number of ether oxygens (including phenoxy) is 1. The summed E-state index contributed by atoms with van der Waals surface area (Å²) >= 11 is 3.66. The highest BCUT2D eigenvalue weighted by Gasteiger charge is 2.22. The molecule has 2 heteroatoms. The van der Waals surface area contributed by atoms with Crippen LogP contribution in [0.4, 0.5) is 0 Å². The van der Waals surface area contributed by atoms with Gasteiger partial charge >= 0.3 is 0 Å². The van der Waals surface area contributed by atoms with Crippen LogP contribution >= 0.6 is 15.9 Å². The van der Waals surface area contributed by atoms with Crippen molar-refractivity contribution in [2.24, 2.45) is 11.8 Å². The van der Waals surface area contributed by atoms with Gasteiger partial charge in [-0.05, 0) is 17.4 Å². The van der Waals surface area contributed by atoms with Gasteiger partial charge in [-0.3, -0.25) is 0 Å². The van der Waals surface area contributed by atoms with Gasteiger partial charge in [0, 0.05) is 5.33 Å². The first-order valence-corrected chi connectivity index (χ1v) is 8.20. The van der Waals surface area contributed by atoms with Gasteiger partial charge in [-0.15, -0.1) is 0 Å². The van der Waals surface area contributed by atoms with Gasteiger partial charge in [0.1, 0.15) is 0 Å².